The van der Waals surface area contributed by atoms with Crippen molar-refractivity contribution in [3.05, 3.63) is 71.3 Å². The van der Waals surface area contributed by atoms with E-state index in [4.69, 9.17) is 4.74 Å². The summed E-state index contributed by atoms with van der Waals surface area (Å²) in [5, 5.41) is -0.505. The minimum atomic E-state index is -4.90. The van der Waals surface area contributed by atoms with Crippen LogP contribution in [0.5, 0.6) is 11.5 Å². The highest BCUT2D eigenvalue weighted by atomic mass is 19.4. The zero-order valence-electron chi connectivity index (χ0n) is 14.1. The Kier molecular flexibility index (Phi) is 4.86. The number of fused-ring (bicyclic) bond motifs is 1. The van der Waals surface area contributed by atoms with Crippen molar-refractivity contribution in [1.29, 1.82) is 0 Å². The monoisotopic (exact) mass is 404 g/mol. The highest BCUT2D eigenvalue weighted by molar-refractivity contribution is 5.85. The van der Waals surface area contributed by atoms with Gasteiger partial charge in [0.15, 0.2) is 0 Å². The van der Waals surface area contributed by atoms with E-state index in [9.17, 15) is 30.7 Å². The van der Waals surface area contributed by atoms with E-state index in [1.54, 1.807) is 0 Å². The molecule has 0 aliphatic carbocycles. The van der Waals surface area contributed by atoms with Crippen molar-refractivity contribution in [1.82, 2.24) is 0 Å². The topological polar surface area (TPSA) is 18.5 Å². The van der Waals surface area contributed by atoms with Gasteiger partial charge in [0.1, 0.15) is 28.7 Å². The average molecular weight is 404 g/mol. The molecule has 0 aliphatic rings. The highest BCUT2D eigenvalue weighted by Gasteiger charge is 2.38. The first-order valence-corrected chi connectivity index (χ1v) is 7.73. The lowest BCUT2D eigenvalue weighted by molar-refractivity contribution is -0.187. The van der Waals surface area contributed by atoms with Gasteiger partial charge in [-0.2, -0.15) is 22.0 Å². The van der Waals surface area contributed by atoms with Gasteiger partial charge in [0.05, 0.1) is 12.7 Å². The Morgan fingerprint density at radius 1 is 0.750 bits per heavy atom. The van der Waals surface area contributed by atoms with E-state index in [0.717, 1.165) is 42.5 Å². The first-order chi connectivity index (χ1) is 13.0. The zero-order chi connectivity index (χ0) is 20.7. The van der Waals surface area contributed by atoms with Gasteiger partial charge < -0.3 is 9.47 Å². The lowest BCUT2D eigenvalue weighted by Crippen LogP contribution is -2.23. The van der Waals surface area contributed by atoms with Gasteiger partial charge in [0.2, 0.25) is 0 Å². The van der Waals surface area contributed by atoms with Gasteiger partial charge in [0.25, 0.3) is 0 Å². The summed E-state index contributed by atoms with van der Waals surface area (Å²) in [6, 6.07) is 6.78. The maximum Gasteiger partial charge on any atom is 0.429 e. The van der Waals surface area contributed by atoms with E-state index in [2.05, 4.69) is 4.74 Å². The summed E-state index contributed by atoms with van der Waals surface area (Å²) in [5.41, 5.74) is -2.54. The predicted molar refractivity (Wildman–Crippen MR) is 86.4 cm³/mol. The van der Waals surface area contributed by atoms with Gasteiger partial charge >= 0.3 is 12.3 Å². The van der Waals surface area contributed by atoms with Crippen molar-refractivity contribution in [3.63, 3.8) is 0 Å². The Balaban J connectivity index is 1.96. The Bertz CT molecular complexity index is 1030. The molecule has 0 bridgehead atoms. The molecule has 9 heteroatoms. The summed E-state index contributed by atoms with van der Waals surface area (Å²) in [4.78, 5) is 0. The van der Waals surface area contributed by atoms with Crippen molar-refractivity contribution in [2.24, 2.45) is 0 Å². The Morgan fingerprint density at radius 2 is 1.39 bits per heavy atom. The molecule has 0 aliphatic heterocycles. The van der Waals surface area contributed by atoms with E-state index in [-0.39, 0.29) is 11.1 Å². The average Bonchev–Trinajstić information content (AvgIpc) is 2.60. The molecule has 0 spiro atoms. The quantitative estimate of drug-likeness (QED) is 0.477. The summed E-state index contributed by atoms with van der Waals surface area (Å²) < 4.78 is 104. The molecule has 0 amide bonds. The van der Waals surface area contributed by atoms with E-state index >= 15 is 0 Å². The summed E-state index contributed by atoms with van der Waals surface area (Å²) in [5.74, 6) is -3.25. The lowest BCUT2D eigenvalue weighted by atomic mass is 10.1. The number of methoxy groups -OCH3 is 1. The summed E-state index contributed by atoms with van der Waals surface area (Å²) >= 11 is 0. The van der Waals surface area contributed by atoms with Crippen molar-refractivity contribution in [2.45, 2.75) is 12.3 Å². The molecule has 3 aromatic carbocycles. The van der Waals surface area contributed by atoms with Crippen LogP contribution in [0.25, 0.3) is 10.8 Å². The fourth-order valence-corrected chi connectivity index (χ4v) is 2.61. The number of alkyl halides is 5. The second kappa shape index (κ2) is 6.88. The number of ether oxygens (including phenoxy) is 2. The van der Waals surface area contributed by atoms with Gasteiger partial charge in [0, 0.05) is 11.5 Å². The van der Waals surface area contributed by atoms with Crippen molar-refractivity contribution < 1.29 is 40.2 Å². The number of benzene rings is 3. The Labute approximate surface area is 154 Å². The van der Waals surface area contributed by atoms with Gasteiger partial charge in [-0.25, -0.2) is 8.78 Å². The standard InChI is InChI=1S/C19H11F7O2/c1-27-11-4-7-14(16(20)9-11)19(25,26)28-12-3-5-13-10(8-12)2-6-15(17(13)21)18(22,23)24/h2-9H,1H3. The summed E-state index contributed by atoms with van der Waals surface area (Å²) in [7, 11) is 1.24. The number of halogens is 7. The van der Waals surface area contributed by atoms with E-state index in [1.807, 2.05) is 0 Å². The maximum atomic E-state index is 14.3. The van der Waals surface area contributed by atoms with Gasteiger partial charge in [-0.05, 0) is 41.8 Å². The molecule has 148 valence electrons. The lowest BCUT2D eigenvalue weighted by Gasteiger charge is -2.19. The van der Waals surface area contributed by atoms with Crippen LogP contribution in [0, 0.1) is 11.6 Å². The van der Waals surface area contributed by atoms with E-state index < -0.39 is 46.2 Å². The Hall–Kier alpha value is -2.97. The van der Waals surface area contributed by atoms with Gasteiger partial charge in [-0.3, -0.25) is 0 Å². The minimum Gasteiger partial charge on any atom is -0.497 e. The largest absolute Gasteiger partial charge is 0.497 e. The molecule has 0 saturated heterocycles. The number of rotatable bonds is 4. The van der Waals surface area contributed by atoms with E-state index in [0.29, 0.717) is 6.07 Å². The molecule has 0 heterocycles. The van der Waals surface area contributed by atoms with Crippen LogP contribution in [-0.4, -0.2) is 7.11 Å². The van der Waals surface area contributed by atoms with Crippen LogP contribution >= 0.6 is 0 Å². The third-order valence-corrected chi connectivity index (χ3v) is 3.97. The molecule has 0 atom stereocenters. The van der Waals surface area contributed by atoms with Crippen LogP contribution in [0.3, 0.4) is 0 Å². The fourth-order valence-electron chi connectivity index (χ4n) is 2.61. The smallest absolute Gasteiger partial charge is 0.429 e. The first-order valence-electron chi connectivity index (χ1n) is 7.73. The van der Waals surface area contributed by atoms with Crippen molar-refractivity contribution in [2.75, 3.05) is 7.11 Å². The maximum absolute atomic E-state index is 14.3. The minimum absolute atomic E-state index is 0.0266. The SMILES string of the molecule is COc1ccc(C(F)(F)Oc2ccc3c(F)c(C(F)(F)F)ccc3c2)c(F)c1. The molecule has 28 heavy (non-hydrogen) atoms. The molecule has 0 saturated carbocycles. The molecule has 0 N–H and O–H groups in total. The third kappa shape index (κ3) is 3.69. The molecule has 2 nitrogen and oxygen atoms in total. The second-order valence-electron chi connectivity index (χ2n) is 5.77. The normalized spacial score (nSPS) is 12.3. The van der Waals surface area contributed by atoms with Crippen LogP contribution in [0.2, 0.25) is 0 Å². The molecular formula is C19H11F7O2. The molecule has 0 radical (unpaired) electrons. The second-order valence-corrected chi connectivity index (χ2v) is 5.77. The summed E-state index contributed by atoms with van der Waals surface area (Å²) in [6.45, 7) is 0. The summed E-state index contributed by atoms with van der Waals surface area (Å²) in [6.07, 6.45) is -8.99. The van der Waals surface area contributed by atoms with Crippen molar-refractivity contribution in [3.8, 4) is 11.5 Å². The molecule has 0 fully saturated rings. The van der Waals surface area contributed by atoms with Crippen LogP contribution in [0.15, 0.2) is 48.5 Å². The van der Waals surface area contributed by atoms with Crippen LogP contribution in [-0.2, 0) is 12.3 Å². The highest BCUT2D eigenvalue weighted by Crippen LogP contribution is 2.38. The predicted octanol–water partition coefficient (Wildman–Crippen LogP) is 6.27. The molecule has 0 aromatic heterocycles. The molecule has 3 aromatic rings. The number of hydrogen-bond acceptors (Lipinski definition) is 2. The number of hydrogen-bond donors (Lipinski definition) is 0. The van der Waals surface area contributed by atoms with Crippen LogP contribution in [0.1, 0.15) is 11.1 Å². The molecular weight excluding hydrogens is 393 g/mol. The third-order valence-electron chi connectivity index (χ3n) is 3.97. The fraction of sp³-hybridized carbons (Fsp3) is 0.158. The van der Waals surface area contributed by atoms with Crippen LogP contribution in [0.4, 0.5) is 30.7 Å². The van der Waals surface area contributed by atoms with Gasteiger partial charge in [-0.1, -0.05) is 6.07 Å². The Morgan fingerprint density at radius 3 is 2.00 bits per heavy atom. The van der Waals surface area contributed by atoms with Gasteiger partial charge in [-0.15, -0.1) is 0 Å². The molecule has 3 rings (SSSR count). The van der Waals surface area contributed by atoms with E-state index in [1.165, 1.54) is 7.11 Å². The zero-order valence-corrected chi connectivity index (χ0v) is 14.1. The first kappa shape index (κ1) is 19.8. The van der Waals surface area contributed by atoms with Crippen LogP contribution < -0.4 is 9.47 Å². The molecule has 0 unspecified atom stereocenters. The van der Waals surface area contributed by atoms with Crippen molar-refractivity contribution >= 4 is 10.8 Å².